The number of hydrogen-bond acceptors (Lipinski definition) is 3. The minimum Gasteiger partial charge on any atom is -0.489 e. The molecule has 0 saturated heterocycles. The predicted octanol–water partition coefficient (Wildman–Crippen LogP) is 7.49. The number of nitrogens with one attached hydrogen (secondary N) is 1. The number of aromatic nitrogens is 2. The van der Waals surface area contributed by atoms with Crippen molar-refractivity contribution in [3.05, 3.63) is 109 Å². The molecule has 0 atom stereocenters. The third-order valence-electron chi connectivity index (χ3n) is 4.71. The van der Waals surface area contributed by atoms with Crippen molar-refractivity contribution in [1.29, 1.82) is 0 Å². The lowest BCUT2D eigenvalue weighted by atomic mass is 10.1. The summed E-state index contributed by atoms with van der Waals surface area (Å²) in [5, 5.41) is 8.91. The second-order valence-corrected chi connectivity index (χ2v) is 9.27. The third-order valence-corrected chi connectivity index (χ3v) is 6.28. The molecule has 3 aromatic carbocycles. The maximum Gasteiger partial charge on any atom is 0.256 e. The molecule has 0 saturated carbocycles. The molecule has 4 aromatic rings. The number of rotatable bonds is 7. The van der Waals surface area contributed by atoms with Gasteiger partial charge in [-0.25, -0.2) is 0 Å². The van der Waals surface area contributed by atoms with E-state index in [1.165, 1.54) is 0 Å². The van der Waals surface area contributed by atoms with Gasteiger partial charge < -0.3 is 10.1 Å². The Morgan fingerprint density at radius 3 is 2.33 bits per heavy atom. The minimum atomic E-state index is -0.263. The van der Waals surface area contributed by atoms with Crippen LogP contribution in [0.5, 0.6) is 5.75 Å². The smallest absolute Gasteiger partial charge is 0.256 e. The number of benzene rings is 3. The Bertz CT molecular complexity index is 1280. The molecular formula is C24H17BrCl3N3O2. The van der Waals surface area contributed by atoms with E-state index in [0.717, 1.165) is 16.9 Å². The quantitative estimate of drug-likeness (QED) is 0.253. The zero-order valence-electron chi connectivity index (χ0n) is 17.1. The first kappa shape index (κ1) is 23.6. The molecule has 0 fully saturated rings. The topological polar surface area (TPSA) is 56.2 Å². The van der Waals surface area contributed by atoms with E-state index < -0.39 is 0 Å². The van der Waals surface area contributed by atoms with Gasteiger partial charge >= 0.3 is 0 Å². The number of carbonyl (C=O) groups excluding carboxylic acids is 1. The van der Waals surface area contributed by atoms with Gasteiger partial charge in [-0.05, 0) is 75.6 Å². The van der Waals surface area contributed by atoms with Crippen molar-refractivity contribution < 1.29 is 9.53 Å². The largest absolute Gasteiger partial charge is 0.489 e. The van der Waals surface area contributed by atoms with Gasteiger partial charge in [-0.15, -0.1) is 0 Å². The highest BCUT2D eigenvalue weighted by Gasteiger charge is 2.13. The molecule has 0 radical (unpaired) electrons. The van der Waals surface area contributed by atoms with Crippen molar-refractivity contribution in [2.75, 3.05) is 5.32 Å². The molecule has 0 aliphatic rings. The summed E-state index contributed by atoms with van der Waals surface area (Å²) in [5.41, 5.74) is 2.39. The Morgan fingerprint density at radius 1 is 0.939 bits per heavy atom. The van der Waals surface area contributed by atoms with E-state index in [9.17, 15) is 4.79 Å². The van der Waals surface area contributed by atoms with Crippen LogP contribution >= 0.6 is 50.7 Å². The normalized spacial score (nSPS) is 10.8. The molecule has 0 bridgehead atoms. The molecule has 168 valence electrons. The van der Waals surface area contributed by atoms with Crippen LogP contribution < -0.4 is 10.1 Å². The Labute approximate surface area is 214 Å². The van der Waals surface area contributed by atoms with Crippen LogP contribution in [0, 0.1) is 0 Å². The molecule has 4 rings (SSSR count). The summed E-state index contributed by atoms with van der Waals surface area (Å²) < 4.78 is 8.11. The van der Waals surface area contributed by atoms with Crippen LogP contribution in [-0.4, -0.2) is 15.7 Å². The zero-order chi connectivity index (χ0) is 23.4. The standard InChI is InChI=1S/C24H17BrCl3N3O2/c25-20-13-31(12-16-3-10-21(27)22(28)11-16)30-23(20)29-24(32)17-4-1-15(2-5-17)14-33-19-8-6-18(26)7-9-19/h1-11,13H,12,14H2,(H,29,30,32). The molecule has 0 aliphatic heterocycles. The summed E-state index contributed by atoms with van der Waals surface area (Å²) in [7, 11) is 0. The first-order chi connectivity index (χ1) is 15.9. The van der Waals surface area contributed by atoms with Crippen LogP contribution in [0.15, 0.2) is 77.4 Å². The molecule has 33 heavy (non-hydrogen) atoms. The molecule has 1 heterocycles. The number of carbonyl (C=O) groups is 1. The number of amides is 1. The number of nitrogens with zero attached hydrogens (tertiary/aromatic N) is 2. The monoisotopic (exact) mass is 563 g/mol. The molecule has 0 aliphatic carbocycles. The average molecular weight is 566 g/mol. The van der Waals surface area contributed by atoms with Crippen LogP contribution in [0.2, 0.25) is 15.1 Å². The predicted molar refractivity (Wildman–Crippen MR) is 136 cm³/mol. The van der Waals surface area contributed by atoms with Crippen molar-refractivity contribution in [3.63, 3.8) is 0 Å². The van der Waals surface area contributed by atoms with E-state index in [0.29, 0.717) is 44.1 Å². The van der Waals surface area contributed by atoms with Crippen LogP contribution in [0.1, 0.15) is 21.5 Å². The molecule has 1 amide bonds. The van der Waals surface area contributed by atoms with Gasteiger partial charge in [-0.2, -0.15) is 5.10 Å². The number of hydrogen-bond donors (Lipinski definition) is 1. The van der Waals surface area contributed by atoms with E-state index in [1.807, 2.05) is 30.3 Å². The second-order valence-electron chi connectivity index (χ2n) is 7.17. The Morgan fingerprint density at radius 2 is 1.64 bits per heavy atom. The summed E-state index contributed by atoms with van der Waals surface area (Å²) in [4.78, 5) is 12.7. The maximum atomic E-state index is 12.7. The molecule has 1 aromatic heterocycles. The van der Waals surface area contributed by atoms with E-state index in [-0.39, 0.29) is 5.91 Å². The molecular weight excluding hydrogens is 549 g/mol. The van der Waals surface area contributed by atoms with Crippen molar-refractivity contribution in [1.82, 2.24) is 9.78 Å². The van der Waals surface area contributed by atoms with Gasteiger partial charge in [-0.3, -0.25) is 9.48 Å². The third kappa shape index (κ3) is 6.30. The molecule has 0 unspecified atom stereocenters. The lowest BCUT2D eigenvalue weighted by molar-refractivity contribution is 0.102. The van der Waals surface area contributed by atoms with E-state index in [1.54, 1.807) is 47.3 Å². The van der Waals surface area contributed by atoms with Crippen LogP contribution in [0.25, 0.3) is 0 Å². The Kier molecular flexibility index (Phi) is 7.60. The molecule has 9 heteroatoms. The van der Waals surface area contributed by atoms with Crippen LogP contribution in [-0.2, 0) is 13.2 Å². The van der Waals surface area contributed by atoms with Crippen molar-refractivity contribution >= 4 is 62.5 Å². The molecule has 5 nitrogen and oxygen atoms in total. The van der Waals surface area contributed by atoms with Gasteiger partial charge in [-0.1, -0.05) is 53.0 Å². The van der Waals surface area contributed by atoms with Crippen LogP contribution in [0.4, 0.5) is 5.82 Å². The van der Waals surface area contributed by atoms with E-state index in [2.05, 4.69) is 26.3 Å². The van der Waals surface area contributed by atoms with Crippen molar-refractivity contribution in [2.24, 2.45) is 0 Å². The lowest BCUT2D eigenvalue weighted by Crippen LogP contribution is -2.13. The first-order valence-corrected chi connectivity index (χ1v) is 11.8. The highest BCUT2D eigenvalue weighted by atomic mass is 79.9. The number of anilines is 1. The first-order valence-electron chi connectivity index (χ1n) is 9.83. The van der Waals surface area contributed by atoms with Gasteiger partial charge in [0.05, 0.1) is 21.1 Å². The van der Waals surface area contributed by atoms with Crippen molar-refractivity contribution in [3.8, 4) is 5.75 Å². The van der Waals surface area contributed by atoms with Crippen molar-refractivity contribution in [2.45, 2.75) is 13.2 Å². The molecule has 0 spiro atoms. The fraction of sp³-hybridized carbons (Fsp3) is 0.0833. The zero-order valence-corrected chi connectivity index (χ0v) is 20.9. The summed E-state index contributed by atoms with van der Waals surface area (Å²) in [6.45, 7) is 0.863. The Balaban J connectivity index is 1.36. The van der Waals surface area contributed by atoms with E-state index in [4.69, 9.17) is 39.5 Å². The minimum absolute atomic E-state index is 0.263. The highest BCUT2D eigenvalue weighted by molar-refractivity contribution is 9.10. The van der Waals surface area contributed by atoms with Gasteiger partial charge in [0.25, 0.3) is 5.91 Å². The summed E-state index contributed by atoms with van der Waals surface area (Å²) >= 11 is 21.4. The van der Waals surface area contributed by atoms with Gasteiger partial charge in [0.2, 0.25) is 0 Å². The summed E-state index contributed by atoms with van der Waals surface area (Å²) in [6.07, 6.45) is 1.79. The molecule has 1 N–H and O–H groups in total. The fourth-order valence-corrected chi connectivity index (χ4v) is 3.88. The van der Waals surface area contributed by atoms with Gasteiger partial charge in [0.15, 0.2) is 5.82 Å². The SMILES string of the molecule is O=C(Nc1nn(Cc2ccc(Cl)c(Cl)c2)cc1Br)c1ccc(COc2ccc(Cl)cc2)cc1. The summed E-state index contributed by atoms with van der Waals surface area (Å²) in [6, 6.07) is 19.8. The lowest BCUT2D eigenvalue weighted by Gasteiger charge is -2.08. The summed E-state index contributed by atoms with van der Waals surface area (Å²) in [5.74, 6) is 0.887. The fourth-order valence-electron chi connectivity index (χ4n) is 3.02. The highest BCUT2D eigenvalue weighted by Crippen LogP contribution is 2.25. The second kappa shape index (κ2) is 10.6. The number of halogens is 4. The Hall–Kier alpha value is -2.51. The van der Waals surface area contributed by atoms with E-state index >= 15 is 0 Å². The average Bonchev–Trinajstić information content (AvgIpc) is 3.14. The maximum absolute atomic E-state index is 12.7. The van der Waals surface area contributed by atoms with Crippen LogP contribution in [0.3, 0.4) is 0 Å². The van der Waals surface area contributed by atoms with Gasteiger partial charge in [0.1, 0.15) is 12.4 Å². The van der Waals surface area contributed by atoms with Gasteiger partial charge in [0, 0.05) is 16.8 Å². The number of ether oxygens (including phenoxy) is 1.